The van der Waals surface area contributed by atoms with Crippen molar-refractivity contribution in [3.05, 3.63) is 326 Å². The number of hydrogen-bond donors (Lipinski definition) is 0. The molecule has 478 valence electrons. The summed E-state index contributed by atoms with van der Waals surface area (Å²) in [7, 11) is 0. The third-order valence-corrected chi connectivity index (χ3v) is 22.0. The zero-order chi connectivity index (χ0) is 66.8. The van der Waals surface area contributed by atoms with Crippen LogP contribution in [0.2, 0.25) is 0 Å². The third-order valence-electron chi connectivity index (χ3n) is 22.0. The Balaban J connectivity index is 0.728. The number of aromatic nitrogens is 6. The second-order valence-electron chi connectivity index (χ2n) is 29.2. The van der Waals surface area contributed by atoms with Crippen molar-refractivity contribution in [1.29, 1.82) is 0 Å². The van der Waals surface area contributed by atoms with Crippen LogP contribution in [0.15, 0.2) is 303 Å². The molecule has 0 saturated carbocycles. The van der Waals surface area contributed by atoms with Crippen LogP contribution in [0.5, 0.6) is 0 Å². The van der Waals surface area contributed by atoms with Crippen LogP contribution >= 0.6 is 0 Å². The van der Waals surface area contributed by atoms with Crippen molar-refractivity contribution in [3.63, 3.8) is 0 Å². The Morgan fingerprint density at radius 2 is 0.510 bits per heavy atom. The van der Waals surface area contributed by atoms with Crippen LogP contribution in [0.25, 0.3) is 165 Å². The fraction of sp³-hybridized carbons (Fsp3) is 0.106. The first kappa shape index (κ1) is 58.1. The van der Waals surface area contributed by atoms with Gasteiger partial charge in [0.25, 0.3) is 0 Å². The minimum Gasteiger partial charge on any atom is -0.309 e. The summed E-state index contributed by atoms with van der Waals surface area (Å²) in [5, 5.41) is 14.9. The van der Waals surface area contributed by atoms with E-state index >= 15 is 0 Å². The molecule has 0 saturated heterocycles. The summed E-state index contributed by atoms with van der Waals surface area (Å²) in [6, 6.07) is 114. The van der Waals surface area contributed by atoms with Crippen molar-refractivity contribution >= 4 is 131 Å². The molecule has 0 radical (unpaired) electrons. The van der Waals surface area contributed by atoms with Crippen molar-refractivity contribution in [2.45, 2.75) is 65.2 Å². The lowest BCUT2D eigenvalue weighted by molar-refractivity contribution is 0.590. The molecule has 1 atom stereocenters. The normalized spacial score (nSPS) is 12.8. The van der Waals surface area contributed by atoms with Crippen LogP contribution in [0.3, 0.4) is 0 Å². The highest BCUT2D eigenvalue weighted by atomic mass is 15.0. The minimum absolute atomic E-state index is 0.0367. The molecule has 6 aromatic heterocycles. The van der Waals surface area contributed by atoms with E-state index in [0.29, 0.717) is 5.92 Å². The Morgan fingerprint density at radius 3 is 0.850 bits per heavy atom. The van der Waals surface area contributed by atoms with Gasteiger partial charge in [0.15, 0.2) is 0 Å². The van der Waals surface area contributed by atoms with Gasteiger partial charge < -0.3 is 27.4 Å². The highest BCUT2D eigenvalue weighted by Crippen LogP contribution is 2.44. The van der Waals surface area contributed by atoms with E-state index in [1.165, 1.54) is 159 Å². The van der Waals surface area contributed by atoms with Gasteiger partial charge in [0.05, 0.1) is 66.2 Å². The summed E-state index contributed by atoms with van der Waals surface area (Å²) in [5.41, 5.74) is 26.5. The molecule has 0 aliphatic rings. The van der Waals surface area contributed by atoms with Gasteiger partial charge in [-0.1, -0.05) is 199 Å². The molecule has 14 aromatic carbocycles. The first-order chi connectivity index (χ1) is 49.0. The monoisotopic (exact) mass is 1280 g/mol. The Hall–Kier alpha value is -12.1. The van der Waals surface area contributed by atoms with Gasteiger partial charge in [-0.05, 0) is 192 Å². The average Bonchev–Trinajstić information content (AvgIpc) is 1.57. The molecule has 0 aliphatic carbocycles. The SMILES string of the molecule is CC(C)c1cc(C(C)Cc2ccc3c4ccccc4n(-c4ccc5c(c4)c4cc(-n6c7ccccc7c7ccccc76)ccc4n5-c4ccc(C(C)(C)C)cc4)c3c2)cc(-n2c3ccc(-n4c5ccccc5c5ccccc54)cc3c3cc(-n4c5ccccc5c5ccccc54)ccc32)c1. The summed E-state index contributed by atoms with van der Waals surface area (Å²) in [6.07, 6.45) is 0.863. The Morgan fingerprint density at radius 1 is 0.230 bits per heavy atom. The molecule has 0 fully saturated rings. The lowest BCUT2D eigenvalue weighted by atomic mass is 9.87. The van der Waals surface area contributed by atoms with E-state index in [1.807, 2.05) is 0 Å². The lowest BCUT2D eigenvalue weighted by Crippen LogP contribution is -2.10. The largest absolute Gasteiger partial charge is 0.309 e. The van der Waals surface area contributed by atoms with Gasteiger partial charge in [0.1, 0.15) is 0 Å². The molecule has 0 aliphatic heterocycles. The second-order valence-corrected chi connectivity index (χ2v) is 29.2. The molecule has 0 bridgehead atoms. The number of benzene rings is 14. The topological polar surface area (TPSA) is 29.6 Å². The van der Waals surface area contributed by atoms with Gasteiger partial charge in [0, 0.05) is 98.8 Å². The lowest BCUT2D eigenvalue weighted by Gasteiger charge is -2.19. The summed E-state index contributed by atoms with van der Waals surface area (Å²) in [6.45, 7) is 14.0. The van der Waals surface area contributed by atoms with Crippen molar-refractivity contribution in [2.75, 3.05) is 0 Å². The van der Waals surface area contributed by atoms with E-state index < -0.39 is 0 Å². The molecule has 6 heteroatoms. The molecule has 6 heterocycles. The fourth-order valence-corrected chi connectivity index (χ4v) is 17.1. The Kier molecular flexibility index (Phi) is 12.7. The van der Waals surface area contributed by atoms with E-state index in [-0.39, 0.29) is 11.3 Å². The maximum absolute atomic E-state index is 2.55. The van der Waals surface area contributed by atoms with Crippen molar-refractivity contribution in [2.24, 2.45) is 0 Å². The van der Waals surface area contributed by atoms with Crippen LogP contribution in [-0.4, -0.2) is 27.4 Å². The van der Waals surface area contributed by atoms with Crippen LogP contribution in [0.4, 0.5) is 0 Å². The van der Waals surface area contributed by atoms with E-state index in [4.69, 9.17) is 0 Å². The Labute approximate surface area is 579 Å². The highest BCUT2D eigenvalue weighted by Gasteiger charge is 2.25. The molecular formula is C94H72N6. The number of rotatable bonds is 10. The molecule has 100 heavy (non-hydrogen) atoms. The second kappa shape index (κ2) is 21.9. The summed E-state index contributed by atoms with van der Waals surface area (Å²) in [4.78, 5) is 0. The average molecular weight is 1290 g/mol. The molecule has 20 rings (SSSR count). The predicted octanol–water partition coefficient (Wildman–Crippen LogP) is 25.0. The van der Waals surface area contributed by atoms with E-state index in [0.717, 1.165) is 34.9 Å². The summed E-state index contributed by atoms with van der Waals surface area (Å²) < 4.78 is 14.9. The number of para-hydroxylation sites is 7. The maximum atomic E-state index is 2.55. The van der Waals surface area contributed by atoms with Crippen LogP contribution < -0.4 is 0 Å². The zero-order valence-corrected chi connectivity index (χ0v) is 56.9. The van der Waals surface area contributed by atoms with E-state index in [2.05, 4.69) is 372 Å². The van der Waals surface area contributed by atoms with Gasteiger partial charge >= 0.3 is 0 Å². The maximum Gasteiger partial charge on any atom is 0.0543 e. The fourth-order valence-electron chi connectivity index (χ4n) is 17.1. The number of hydrogen-bond acceptors (Lipinski definition) is 0. The first-order valence-corrected chi connectivity index (χ1v) is 35.4. The first-order valence-electron chi connectivity index (χ1n) is 35.4. The van der Waals surface area contributed by atoms with E-state index in [9.17, 15) is 0 Å². The summed E-state index contributed by atoms with van der Waals surface area (Å²) >= 11 is 0. The molecule has 6 nitrogen and oxygen atoms in total. The predicted molar refractivity (Wildman–Crippen MR) is 424 cm³/mol. The van der Waals surface area contributed by atoms with E-state index in [1.54, 1.807) is 0 Å². The molecule has 0 N–H and O–H groups in total. The Bertz CT molecular complexity index is 6450. The van der Waals surface area contributed by atoms with Crippen LogP contribution in [0, 0.1) is 0 Å². The molecule has 1 unspecified atom stereocenters. The smallest absolute Gasteiger partial charge is 0.0543 e. The highest BCUT2D eigenvalue weighted by molar-refractivity contribution is 6.17. The van der Waals surface area contributed by atoms with Gasteiger partial charge in [-0.3, -0.25) is 0 Å². The van der Waals surface area contributed by atoms with Gasteiger partial charge in [-0.25, -0.2) is 0 Å². The minimum atomic E-state index is 0.0367. The molecule has 0 amide bonds. The van der Waals surface area contributed by atoms with Crippen molar-refractivity contribution in [1.82, 2.24) is 27.4 Å². The van der Waals surface area contributed by atoms with Crippen molar-refractivity contribution in [3.8, 4) is 34.1 Å². The molecule has 20 aromatic rings. The molecule has 0 spiro atoms. The quantitative estimate of drug-likeness (QED) is 0.131. The zero-order valence-electron chi connectivity index (χ0n) is 56.9. The number of nitrogens with zero attached hydrogens (tertiary/aromatic N) is 6. The third kappa shape index (κ3) is 8.75. The molecular weight excluding hydrogens is 1210 g/mol. The van der Waals surface area contributed by atoms with Gasteiger partial charge in [0.2, 0.25) is 0 Å². The summed E-state index contributed by atoms with van der Waals surface area (Å²) in [5.74, 6) is 0.490. The van der Waals surface area contributed by atoms with Crippen molar-refractivity contribution < 1.29 is 0 Å². The van der Waals surface area contributed by atoms with Crippen LogP contribution in [-0.2, 0) is 11.8 Å². The van der Waals surface area contributed by atoms with Gasteiger partial charge in [-0.15, -0.1) is 0 Å². The van der Waals surface area contributed by atoms with Gasteiger partial charge in [-0.2, -0.15) is 0 Å². The van der Waals surface area contributed by atoms with Crippen LogP contribution in [0.1, 0.15) is 75.6 Å². The number of fused-ring (bicyclic) bond motifs is 18. The standard InChI is InChI=1S/C94H72N6/c1-58(2)61-51-62(53-69(52-61)100-91-47-41-66(97-84-30-16-9-23-72(84)73-24-10-17-31-85(73)97)55-80(91)81-56-67(42-48-92(81)100)98-86-32-18-11-25-74(86)75-26-12-19-33-87(75)98)59(3)49-60-35-44-77-76-27-13-20-34-88(76)99(93(77)50-60)68-43-46-90-79(57-68)78-54-65(96-82-28-14-7-21-70(82)71-22-8-15-29-83(71)96)40-45-89(78)95(90)64-38-36-63(37-39-64)94(4,5)6/h7-48,50-59H,49H2,1-6H3.